The second-order valence-corrected chi connectivity index (χ2v) is 13.8. The zero-order valence-corrected chi connectivity index (χ0v) is 23.9. The van der Waals surface area contributed by atoms with Crippen LogP contribution in [-0.2, 0) is 17.5 Å². The van der Waals surface area contributed by atoms with Gasteiger partial charge in [-0.1, -0.05) is 6.58 Å². The van der Waals surface area contributed by atoms with Crippen molar-refractivity contribution in [3.63, 3.8) is 0 Å². The van der Waals surface area contributed by atoms with E-state index >= 15 is 3.89 Å². The van der Waals surface area contributed by atoms with Crippen molar-refractivity contribution >= 4 is 49.0 Å². The SMILES string of the molecule is C=CC(=O)N1C(C)CN(c2nc(=O)n3c4c5c(c(C(F)(F)F)cc24)-c2cc(Br)c(F)cc2S5(F)CCC3)CC1C. The number of amides is 1. The first-order valence-electron chi connectivity index (χ1n) is 12.7. The van der Waals surface area contributed by atoms with E-state index in [-0.39, 0.29) is 91.9 Å². The molecule has 3 atom stereocenters. The van der Waals surface area contributed by atoms with E-state index < -0.39 is 33.7 Å². The minimum absolute atomic E-state index is 0.0114. The monoisotopic (exact) mass is 642 g/mol. The fourth-order valence-corrected chi connectivity index (χ4v) is 9.80. The number of alkyl halides is 3. The second kappa shape index (κ2) is 9.04. The van der Waals surface area contributed by atoms with E-state index in [1.54, 1.807) is 23.6 Å². The molecule has 3 unspecified atom stereocenters. The van der Waals surface area contributed by atoms with Gasteiger partial charge in [0, 0.05) is 53.3 Å². The van der Waals surface area contributed by atoms with E-state index in [2.05, 4.69) is 27.5 Å². The number of carbonyl (C=O) groups excluding carboxylic acids is 1. The number of fused-ring (bicyclic) bond motifs is 3. The number of benzene rings is 2. The summed E-state index contributed by atoms with van der Waals surface area (Å²) in [6.07, 6.45) is -3.50. The van der Waals surface area contributed by atoms with Crippen molar-refractivity contribution in [3.8, 4) is 11.1 Å². The maximum atomic E-state index is 17.3. The molecule has 0 saturated carbocycles. The summed E-state index contributed by atoms with van der Waals surface area (Å²) in [6, 6.07) is 2.40. The Morgan fingerprint density at radius 3 is 2.50 bits per heavy atom. The van der Waals surface area contributed by atoms with Gasteiger partial charge >= 0.3 is 11.9 Å². The predicted octanol–water partition coefficient (Wildman–Crippen LogP) is 6.42. The number of carbonyl (C=O) groups is 1. The third-order valence-electron chi connectivity index (χ3n) is 7.92. The molecule has 2 aromatic carbocycles. The van der Waals surface area contributed by atoms with E-state index in [1.807, 2.05) is 0 Å². The van der Waals surface area contributed by atoms with Gasteiger partial charge in [0.25, 0.3) is 0 Å². The molecule has 3 aromatic rings. The topological polar surface area (TPSA) is 58.4 Å². The van der Waals surface area contributed by atoms with Gasteiger partial charge in [-0.25, -0.2) is 9.18 Å². The molecule has 1 saturated heterocycles. The first-order valence-corrected chi connectivity index (χ1v) is 15.2. The Morgan fingerprint density at radius 2 is 1.88 bits per heavy atom. The Morgan fingerprint density at radius 1 is 1.20 bits per heavy atom. The average Bonchev–Trinajstić information content (AvgIpc) is 3.00. The van der Waals surface area contributed by atoms with Crippen molar-refractivity contribution in [1.82, 2.24) is 14.5 Å². The van der Waals surface area contributed by atoms with E-state index in [0.717, 1.165) is 12.1 Å². The fourth-order valence-electron chi connectivity index (χ4n) is 6.42. The molecule has 4 heterocycles. The molecule has 6 rings (SSSR count). The van der Waals surface area contributed by atoms with Gasteiger partial charge in [-0.15, -0.1) is 0 Å². The smallest absolute Gasteiger partial charge is 0.352 e. The van der Waals surface area contributed by atoms with Crippen LogP contribution in [0.1, 0.15) is 25.8 Å². The van der Waals surface area contributed by atoms with Crippen LogP contribution in [0.15, 0.2) is 49.9 Å². The van der Waals surface area contributed by atoms with E-state index in [4.69, 9.17) is 0 Å². The molecule has 1 fully saturated rings. The van der Waals surface area contributed by atoms with Crippen LogP contribution in [0.3, 0.4) is 0 Å². The van der Waals surface area contributed by atoms with E-state index in [9.17, 15) is 27.2 Å². The normalized spacial score (nSPS) is 25.4. The Hall–Kier alpha value is -2.93. The van der Waals surface area contributed by atoms with Gasteiger partial charge in [0.05, 0.1) is 20.4 Å². The van der Waals surface area contributed by atoms with Crippen molar-refractivity contribution in [2.75, 3.05) is 23.7 Å². The molecule has 0 aliphatic carbocycles. The summed E-state index contributed by atoms with van der Waals surface area (Å²) in [5.41, 5.74) is -2.04. The summed E-state index contributed by atoms with van der Waals surface area (Å²) < 4.78 is 77.3. The number of rotatable bonds is 2. The standard InChI is InChI=1S/C27H24BrF5N4O2S/c1-4-21(38)37-13(2)11-35(12-14(37)3)25-16-8-17(27(30,31)32)22-15-9-18(28)19(29)10-20(15)40(33)7-5-6-36(26(39)34-25)23(16)24(22)40/h4,8-10,13-14H,1,5-7,11-12H2,2-3H3. The fraction of sp³-hybridized carbons (Fsp3) is 0.370. The van der Waals surface area contributed by atoms with Crippen LogP contribution in [0, 0.1) is 5.82 Å². The zero-order valence-electron chi connectivity index (χ0n) is 21.5. The van der Waals surface area contributed by atoms with Crippen molar-refractivity contribution in [3.05, 3.63) is 57.2 Å². The van der Waals surface area contributed by atoms with E-state index in [0.29, 0.717) is 0 Å². The molecule has 0 N–H and O–H groups in total. The van der Waals surface area contributed by atoms with Crippen molar-refractivity contribution in [2.45, 2.75) is 54.9 Å². The van der Waals surface area contributed by atoms with E-state index in [1.165, 1.54) is 16.7 Å². The summed E-state index contributed by atoms with van der Waals surface area (Å²) in [5.74, 6) is -1.18. The molecule has 1 aromatic heterocycles. The number of nitrogens with zero attached hydrogens (tertiary/aromatic N) is 4. The number of hydrogen-bond donors (Lipinski definition) is 0. The maximum Gasteiger partial charge on any atom is 0.417 e. The number of anilines is 1. The summed E-state index contributed by atoms with van der Waals surface area (Å²) in [7, 11) is -3.61. The molecule has 0 bridgehead atoms. The second-order valence-electron chi connectivity index (χ2n) is 10.4. The van der Waals surface area contributed by atoms with Crippen LogP contribution in [0.5, 0.6) is 0 Å². The Balaban J connectivity index is 1.69. The lowest BCUT2D eigenvalue weighted by atomic mass is 9.96. The Labute approximate surface area is 236 Å². The molecule has 6 nitrogen and oxygen atoms in total. The molecule has 0 spiro atoms. The molecular formula is C27H24BrF5N4O2S. The van der Waals surface area contributed by atoms with Gasteiger partial charge in [-0.05, 0) is 76.5 Å². The first kappa shape index (κ1) is 27.3. The lowest BCUT2D eigenvalue weighted by molar-refractivity contribution is -0.137. The van der Waals surface area contributed by atoms with Crippen LogP contribution in [0.4, 0.5) is 27.3 Å². The molecule has 13 heteroatoms. The number of piperazine rings is 1. The van der Waals surface area contributed by atoms with Gasteiger partial charge in [-0.2, -0.15) is 22.0 Å². The van der Waals surface area contributed by atoms with Crippen LogP contribution < -0.4 is 10.6 Å². The van der Waals surface area contributed by atoms with Gasteiger partial charge in [0.15, 0.2) is 0 Å². The predicted molar refractivity (Wildman–Crippen MR) is 147 cm³/mol. The third-order valence-corrected chi connectivity index (χ3v) is 11.5. The Kier molecular flexibility index (Phi) is 6.16. The minimum atomic E-state index is -4.87. The number of halogens is 6. The van der Waals surface area contributed by atoms with Gasteiger partial charge in [-0.3, -0.25) is 9.36 Å². The highest BCUT2D eigenvalue weighted by Gasteiger charge is 2.49. The first-order chi connectivity index (χ1) is 18.8. The summed E-state index contributed by atoms with van der Waals surface area (Å²) in [6.45, 7) is 7.58. The highest BCUT2D eigenvalue weighted by atomic mass is 79.9. The number of aromatic nitrogens is 2. The Bertz CT molecular complexity index is 1680. The van der Waals surface area contributed by atoms with Gasteiger partial charge < -0.3 is 9.80 Å². The highest BCUT2D eigenvalue weighted by Crippen LogP contribution is 2.76. The maximum absolute atomic E-state index is 17.3. The average molecular weight is 643 g/mol. The minimum Gasteiger partial charge on any atom is -0.352 e. The summed E-state index contributed by atoms with van der Waals surface area (Å²) in [4.78, 5) is 33.1. The van der Waals surface area contributed by atoms with Gasteiger partial charge in [0.1, 0.15) is 11.6 Å². The van der Waals surface area contributed by atoms with Gasteiger partial charge in [0.2, 0.25) is 5.91 Å². The number of hydrogen-bond acceptors (Lipinski definition) is 4. The van der Waals surface area contributed by atoms with Crippen molar-refractivity contribution in [2.24, 2.45) is 0 Å². The lowest BCUT2D eigenvalue weighted by Crippen LogP contribution is -2.58. The molecule has 3 aliphatic heterocycles. The molecule has 3 aliphatic rings. The molecule has 1 amide bonds. The quantitative estimate of drug-likeness (QED) is 0.239. The summed E-state index contributed by atoms with van der Waals surface area (Å²) >= 11 is 3.04. The molecular weight excluding hydrogens is 619 g/mol. The zero-order chi connectivity index (χ0) is 28.9. The van der Waals surface area contributed by atoms with Crippen molar-refractivity contribution in [1.29, 1.82) is 0 Å². The third kappa shape index (κ3) is 3.76. The molecule has 212 valence electrons. The molecule has 40 heavy (non-hydrogen) atoms. The lowest BCUT2D eigenvalue weighted by Gasteiger charge is -2.44. The number of aryl methyl sites for hydroxylation is 1. The highest BCUT2D eigenvalue weighted by molar-refractivity contribution is 9.10. The largest absolute Gasteiger partial charge is 0.417 e. The van der Waals surface area contributed by atoms with Crippen molar-refractivity contribution < 1.29 is 26.2 Å². The van der Waals surface area contributed by atoms with Crippen LogP contribution in [0.2, 0.25) is 0 Å². The molecule has 0 radical (unpaired) electrons. The summed E-state index contributed by atoms with van der Waals surface area (Å²) in [5, 5.41) is 0.0114. The van der Waals surface area contributed by atoms with Crippen LogP contribution in [-0.4, -0.2) is 51.3 Å². The van der Waals surface area contributed by atoms with Crippen LogP contribution >= 0.6 is 26.3 Å². The van der Waals surface area contributed by atoms with Crippen LogP contribution in [0.25, 0.3) is 22.0 Å².